The number of halogens is 1. The average Bonchev–Trinajstić information content (AvgIpc) is 3.60. The SMILES string of the molecule is CC(C)Oc1nn(CCO)c2c1/C=C\c1nn(C3CCCCO3)c3cc(F)c(cc13)-c1cnn(C)c1O[C@@H](C)CN(C)C2. The molecule has 1 N–H and O–H groups in total. The van der Waals surface area contributed by atoms with E-state index in [0.29, 0.717) is 60.3 Å². The molecule has 5 heterocycles. The highest BCUT2D eigenvalue weighted by Gasteiger charge is 2.26. The maximum atomic E-state index is 16.0. The van der Waals surface area contributed by atoms with Crippen LogP contribution in [0.4, 0.5) is 4.39 Å². The van der Waals surface area contributed by atoms with Crippen LogP contribution in [-0.2, 0) is 24.9 Å². The molecule has 0 aliphatic carbocycles. The third-order valence-corrected chi connectivity index (χ3v) is 7.86. The van der Waals surface area contributed by atoms with Crippen molar-refractivity contribution in [1.29, 1.82) is 0 Å². The van der Waals surface area contributed by atoms with E-state index in [2.05, 4.69) is 10.00 Å². The van der Waals surface area contributed by atoms with Gasteiger partial charge in [0.15, 0.2) is 6.23 Å². The van der Waals surface area contributed by atoms with E-state index in [1.165, 1.54) is 6.07 Å². The Kier molecular flexibility index (Phi) is 8.25. The van der Waals surface area contributed by atoms with E-state index in [0.717, 1.165) is 35.9 Å². The minimum absolute atomic E-state index is 0.0593. The Balaban J connectivity index is 1.58. The summed E-state index contributed by atoms with van der Waals surface area (Å²) in [5, 5.41) is 24.7. The van der Waals surface area contributed by atoms with Gasteiger partial charge in [0.1, 0.15) is 11.9 Å². The first-order chi connectivity index (χ1) is 20.7. The Labute approximate surface area is 250 Å². The Morgan fingerprint density at radius 1 is 1.14 bits per heavy atom. The summed E-state index contributed by atoms with van der Waals surface area (Å²) in [6.07, 6.45) is 7.75. The molecule has 0 radical (unpaired) electrons. The number of rotatable bonds is 5. The van der Waals surface area contributed by atoms with Gasteiger partial charge in [-0.2, -0.15) is 10.2 Å². The quantitative estimate of drug-likeness (QED) is 0.357. The molecule has 3 aromatic heterocycles. The minimum Gasteiger partial charge on any atom is -0.473 e. The zero-order valence-corrected chi connectivity index (χ0v) is 25.5. The summed E-state index contributed by atoms with van der Waals surface area (Å²) in [4.78, 5) is 2.13. The largest absolute Gasteiger partial charge is 0.473 e. The van der Waals surface area contributed by atoms with Crippen LogP contribution in [0, 0.1) is 5.82 Å². The number of aryl methyl sites for hydroxylation is 1. The number of fused-ring (bicyclic) bond motifs is 4. The monoisotopic (exact) mass is 593 g/mol. The van der Waals surface area contributed by atoms with E-state index in [1.54, 1.807) is 22.6 Å². The van der Waals surface area contributed by atoms with Crippen LogP contribution in [0.25, 0.3) is 34.2 Å². The number of aliphatic hydroxyl groups is 1. The minimum atomic E-state index is -0.382. The van der Waals surface area contributed by atoms with Crippen LogP contribution in [0.2, 0.25) is 0 Å². The van der Waals surface area contributed by atoms with Gasteiger partial charge in [-0.05, 0) is 65.3 Å². The molecule has 12 heteroatoms. The highest BCUT2D eigenvalue weighted by molar-refractivity contribution is 5.94. The molecule has 2 aliphatic rings. The van der Waals surface area contributed by atoms with Crippen molar-refractivity contribution in [2.24, 2.45) is 7.05 Å². The van der Waals surface area contributed by atoms with Gasteiger partial charge in [0.05, 0.1) is 53.5 Å². The molecule has 0 amide bonds. The maximum Gasteiger partial charge on any atom is 0.240 e. The number of aliphatic hydroxyl groups excluding tert-OH is 1. The predicted molar refractivity (Wildman–Crippen MR) is 161 cm³/mol. The third kappa shape index (κ3) is 5.78. The molecular weight excluding hydrogens is 553 g/mol. The molecule has 4 aromatic rings. The van der Waals surface area contributed by atoms with Crippen molar-refractivity contribution < 1.29 is 23.7 Å². The van der Waals surface area contributed by atoms with E-state index in [1.807, 2.05) is 50.7 Å². The van der Waals surface area contributed by atoms with Crippen LogP contribution in [-0.4, -0.2) is 78.4 Å². The highest BCUT2D eigenvalue weighted by atomic mass is 19.1. The average molecular weight is 594 g/mol. The van der Waals surface area contributed by atoms with Gasteiger partial charge in [0, 0.05) is 43.8 Å². The second-order valence-corrected chi connectivity index (χ2v) is 11.7. The number of hydrogen-bond acceptors (Lipinski definition) is 8. The van der Waals surface area contributed by atoms with Crippen molar-refractivity contribution >= 4 is 23.1 Å². The Morgan fingerprint density at radius 3 is 2.72 bits per heavy atom. The summed E-state index contributed by atoms with van der Waals surface area (Å²) in [5.41, 5.74) is 4.01. The first kappa shape index (κ1) is 29.3. The lowest BCUT2D eigenvalue weighted by atomic mass is 10.0. The normalized spacial score (nSPS) is 20.5. The molecule has 0 spiro atoms. The molecule has 2 atom stereocenters. The van der Waals surface area contributed by atoms with E-state index in [4.69, 9.17) is 24.4 Å². The molecule has 6 rings (SSSR count). The lowest BCUT2D eigenvalue weighted by Gasteiger charge is -2.24. The van der Waals surface area contributed by atoms with Gasteiger partial charge >= 0.3 is 0 Å². The van der Waals surface area contributed by atoms with Crippen molar-refractivity contribution in [3.63, 3.8) is 0 Å². The Morgan fingerprint density at radius 2 is 1.98 bits per heavy atom. The van der Waals surface area contributed by atoms with Crippen LogP contribution in [0.1, 0.15) is 63.2 Å². The van der Waals surface area contributed by atoms with Crippen LogP contribution in [0.5, 0.6) is 11.8 Å². The summed E-state index contributed by atoms with van der Waals surface area (Å²) >= 11 is 0. The summed E-state index contributed by atoms with van der Waals surface area (Å²) in [6.45, 7) is 7.92. The number of aromatic nitrogens is 6. The van der Waals surface area contributed by atoms with E-state index >= 15 is 4.39 Å². The van der Waals surface area contributed by atoms with Crippen molar-refractivity contribution in [3.05, 3.63) is 41.1 Å². The zero-order chi connectivity index (χ0) is 30.2. The van der Waals surface area contributed by atoms with Crippen LogP contribution in [0.15, 0.2) is 18.3 Å². The summed E-state index contributed by atoms with van der Waals surface area (Å²) in [5.74, 6) is 0.598. The molecule has 0 saturated carbocycles. The fourth-order valence-corrected chi connectivity index (χ4v) is 5.96. The Hall–Kier alpha value is -3.74. The molecule has 43 heavy (non-hydrogen) atoms. The molecule has 1 saturated heterocycles. The fraction of sp³-hybridized carbons (Fsp3) is 0.516. The fourth-order valence-electron chi connectivity index (χ4n) is 5.96. The van der Waals surface area contributed by atoms with Gasteiger partial charge in [-0.3, -0.25) is 9.58 Å². The van der Waals surface area contributed by atoms with Gasteiger partial charge in [-0.15, -0.1) is 5.10 Å². The lowest BCUT2D eigenvalue weighted by Crippen LogP contribution is -2.32. The molecule has 1 unspecified atom stereocenters. The number of likely N-dealkylation sites (N-methyl/N-ethyl adjacent to an activating group) is 1. The molecule has 2 bridgehead atoms. The van der Waals surface area contributed by atoms with E-state index < -0.39 is 0 Å². The maximum absolute atomic E-state index is 16.0. The molecule has 11 nitrogen and oxygen atoms in total. The van der Waals surface area contributed by atoms with Gasteiger partial charge < -0.3 is 19.3 Å². The molecule has 1 fully saturated rings. The van der Waals surface area contributed by atoms with Crippen molar-refractivity contribution in [3.8, 4) is 22.9 Å². The van der Waals surface area contributed by atoms with Crippen LogP contribution >= 0.6 is 0 Å². The van der Waals surface area contributed by atoms with Crippen LogP contribution in [0.3, 0.4) is 0 Å². The Bertz CT molecular complexity index is 1630. The summed E-state index contributed by atoms with van der Waals surface area (Å²) in [6, 6.07) is 3.37. The van der Waals surface area contributed by atoms with Gasteiger partial charge in [0.25, 0.3) is 0 Å². The molecule has 2 aliphatic heterocycles. The predicted octanol–water partition coefficient (Wildman–Crippen LogP) is 4.63. The van der Waals surface area contributed by atoms with Gasteiger partial charge in [-0.25, -0.2) is 13.8 Å². The topological polar surface area (TPSA) is 105 Å². The van der Waals surface area contributed by atoms with Gasteiger partial charge in [-0.1, -0.05) is 0 Å². The van der Waals surface area contributed by atoms with Crippen molar-refractivity contribution in [2.45, 2.75) is 71.6 Å². The van der Waals surface area contributed by atoms with Crippen molar-refractivity contribution in [2.75, 3.05) is 26.8 Å². The zero-order valence-electron chi connectivity index (χ0n) is 25.5. The molecular formula is C31H40FN7O4. The third-order valence-electron chi connectivity index (χ3n) is 7.86. The van der Waals surface area contributed by atoms with E-state index in [9.17, 15) is 5.11 Å². The van der Waals surface area contributed by atoms with Crippen molar-refractivity contribution in [1.82, 2.24) is 34.2 Å². The summed E-state index contributed by atoms with van der Waals surface area (Å²) in [7, 11) is 3.80. The molecule has 1 aromatic carbocycles. The first-order valence-electron chi connectivity index (χ1n) is 15.0. The first-order valence-corrected chi connectivity index (χ1v) is 15.0. The standard InChI is InChI=1S/C31H40FN7O4/c1-19(2)42-30-21-9-10-26-23-14-22(25(32)15-27(23)39(34-26)29-8-6-7-13-41-29)24-16-33-37(5)31(24)43-20(3)17-36(4)18-28(21)38(35-30)11-12-40/h9-10,14-16,19-20,29,40H,6-8,11-13,17-18H2,1-5H3/b10-9-/t20-,29?/m0/s1. The van der Waals surface area contributed by atoms with Crippen LogP contribution < -0.4 is 9.47 Å². The number of ether oxygens (including phenoxy) is 3. The number of nitrogens with zero attached hydrogens (tertiary/aromatic N) is 7. The smallest absolute Gasteiger partial charge is 0.240 e. The second-order valence-electron chi connectivity index (χ2n) is 11.7. The number of benzene rings is 1. The number of hydrogen-bond donors (Lipinski definition) is 1. The van der Waals surface area contributed by atoms with Gasteiger partial charge in [0.2, 0.25) is 11.8 Å². The summed E-state index contributed by atoms with van der Waals surface area (Å²) < 4.78 is 39.8. The molecule has 230 valence electrons. The lowest BCUT2D eigenvalue weighted by molar-refractivity contribution is -0.0367. The highest BCUT2D eigenvalue weighted by Crippen LogP contribution is 2.38. The second kappa shape index (κ2) is 12.1. The van der Waals surface area contributed by atoms with E-state index in [-0.39, 0.29) is 30.9 Å².